The average Bonchev–Trinajstić information content (AvgIpc) is 3.26. The first-order valence-corrected chi connectivity index (χ1v) is 12.8. The molecule has 1 heterocycles. The van der Waals surface area contributed by atoms with Crippen LogP contribution in [0, 0.1) is 0 Å². The van der Waals surface area contributed by atoms with Crippen molar-refractivity contribution in [3.63, 3.8) is 0 Å². The van der Waals surface area contributed by atoms with Gasteiger partial charge in [0, 0.05) is 24.9 Å². The van der Waals surface area contributed by atoms with E-state index in [0.29, 0.717) is 12.8 Å². The zero-order valence-corrected chi connectivity index (χ0v) is 19.8. The van der Waals surface area contributed by atoms with Crippen molar-refractivity contribution in [2.75, 3.05) is 6.54 Å². The van der Waals surface area contributed by atoms with Crippen molar-refractivity contribution in [3.8, 4) is 0 Å². The maximum absolute atomic E-state index is 13.5. The van der Waals surface area contributed by atoms with E-state index < -0.39 is 36.9 Å². The summed E-state index contributed by atoms with van der Waals surface area (Å²) in [4.78, 5) is 49.5. The van der Waals surface area contributed by atoms with Crippen LogP contribution in [0.5, 0.6) is 0 Å². The molecule has 2 unspecified atom stereocenters. The van der Waals surface area contributed by atoms with E-state index in [1.54, 1.807) is 37.3 Å². The SMILES string of the molecule is CCC(=O)N1CCC[C@]1(OP(=O)(O)C(CCc1ccccc1)NC(=O)c1ccccc1)C(=O)O. The summed E-state index contributed by atoms with van der Waals surface area (Å²) < 4.78 is 19.0. The molecule has 2 aromatic carbocycles. The highest BCUT2D eigenvalue weighted by molar-refractivity contribution is 7.53. The molecule has 1 aliphatic rings. The standard InChI is InChI=1S/C24H29N2O7P/c1-2-21(27)26-17-9-16-24(26,23(29)30)33-34(31,32)20(15-14-18-10-5-3-6-11-18)25-22(28)19-12-7-4-8-13-19/h3-8,10-13,20H,2,9,14-17H2,1H3,(H,25,28)(H,29,30)(H,31,32)/t20?,24-/m0/s1. The predicted octanol–water partition coefficient (Wildman–Crippen LogP) is 3.39. The molecule has 1 saturated heterocycles. The summed E-state index contributed by atoms with van der Waals surface area (Å²) in [5, 5.41) is 12.5. The molecule has 182 valence electrons. The summed E-state index contributed by atoms with van der Waals surface area (Å²) in [5.41, 5.74) is -1.11. The number of benzene rings is 2. The highest BCUT2D eigenvalue weighted by Gasteiger charge is 2.56. The number of aliphatic carboxylic acids is 1. The van der Waals surface area contributed by atoms with Crippen LogP contribution in [0.15, 0.2) is 60.7 Å². The highest BCUT2D eigenvalue weighted by atomic mass is 31.2. The van der Waals surface area contributed by atoms with Crippen LogP contribution in [0.2, 0.25) is 0 Å². The van der Waals surface area contributed by atoms with Gasteiger partial charge in [0.2, 0.25) is 5.91 Å². The molecule has 2 amide bonds. The Morgan fingerprint density at radius 2 is 1.74 bits per heavy atom. The molecule has 0 radical (unpaired) electrons. The number of hydrogen-bond acceptors (Lipinski definition) is 5. The molecule has 0 aromatic heterocycles. The lowest BCUT2D eigenvalue weighted by molar-refractivity contribution is -0.178. The minimum atomic E-state index is -4.78. The van der Waals surface area contributed by atoms with Crippen molar-refractivity contribution < 1.29 is 33.5 Å². The lowest BCUT2D eigenvalue weighted by Crippen LogP contribution is -2.55. The number of nitrogens with zero attached hydrogens (tertiary/aromatic N) is 1. The largest absolute Gasteiger partial charge is 0.478 e. The molecule has 34 heavy (non-hydrogen) atoms. The Hall–Kier alpha value is -3.00. The summed E-state index contributed by atoms with van der Waals surface area (Å²) in [6.45, 7) is 1.68. The fourth-order valence-electron chi connectivity index (χ4n) is 4.03. The first kappa shape index (κ1) is 25.6. The quantitative estimate of drug-likeness (QED) is 0.437. The summed E-state index contributed by atoms with van der Waals surface area (Å²) in [7, 11) is -4.78. The molecule has 0 spiro atoms. The second-order valence-electron chi connectivity index (χ2n) is 8.13. The van der Waals surface area contributed by atoms with E-state index in [9.17, 15) is 28.9 Å². The number of hydrogen-bond donors (Lipinski definition) is 3. The van der Waals surface area contributed by atoms with Gasteiger partial charge in [0.15, 0.2) is 0 Å². The third-order valence-electron chi connectivity index (χ3n) is 5.83. The Kier molecular flexibility index (Phi) is 8.25. The number of amides is 2. The van der Waals surface area contributed by atoms with Crippen LogP contribution in [-0.2, 0) is 25.1 Å². The number of carboxylic acids is 1. The van der Waals surface area contributed by atoms with Crippen molar-refractivity contribution in [1.29, 1.82) is 0 Å². The van der Waals surface area contributed by atoms with E-state index in [1.165, 1.54) is 0 Å². The number of aryl methyl sites for hydroxylation is 1. The van der Waals surface area contributed by atoms with Crippen molar-refractivity contribution in [1.82, 2.24) is 10.2 Å². The fraction of sp³-hybridized carbons (Fsp3) is 0.375. The van der Waals surface area contributed by atoms with Crippen LogP contribution in [0.3, 0.4) is 0 Å². The molecule has 3 atom stereocenters. The van der Waals surface area contributed by atoms with E-state index in [4.69, 9.17) is 4.52 Å². The minimum absolute atomic E-state index is 0.0216. The molecule has 10 heteroatoms. The van der Waals surface area contributed by atoms with Gasteiger partial charge in [0.1, 0.15) is 5.78 Å². The van der Waals surface area contributed by atoms with Crippen LogP contribution in [0.4, 0.5) is 0 Å². The van der Waals surface area contributed by atoms with Gasteiger partial charge >= 0.3 is 13.6 Å². The van der Waals surface area contributed by atoms with E-state index in [2.05, 4.69) is 5.32 Å². The maximum atomic E-state index is 13.5. The Morgan fingerprint density at radius 3 is 2.32 bits per heavy atom. The summed E-state index contributed by atoms with van der Waals surface area (Å²) >= 11 is 0. The van der Waals surface area contributed by atoms with Gasteiger partial charge in [-0.25, -0.2) is 4.79 Å². The maximum Gasteiger partial charge on any atom is 0.358 e. The van der Waals surface area contributed by atoms with Gasteiger partial charge in [-0.15, -0.1) is 0 Å². The van der Waals surface area contributed by atoms with Crippen molar-refractivity contribution in [2.45, 2.75) is 50.5 Å². The van der Waals surface area contributed by atoms with E-state index in [0.717, 1.165) is 10.5 Å². The van der Waals surface area contributed by atoms with Gasteiger partial charge in [-0.3, -0.25) is 18.7 Å². The molecule has 0 bridgehead atoms. The van der Waals surface area contributed by atoms with Crippen molar-refractivity contribution in [2.24, 2.45) is 0 Å². The van der Waals surface area contributed by atoms with Crippen molar-refractivity contribution >= 4 is 25.4 Å². The zero-order chi connectivity index (χ0) is 24.8. The number of carbonyl (C=O) groups is 3. The fourth-order valence-corrected chi connectivity index (χ4v) is 5.60. The molecule has 0 aliphatic carbocycles. The summed E-state index contributed by atoms with van der Waals surface area (Å²) in [6, 6.07) is 17.4. The second kappa shape index (κ2) is 11.0. The first-order valence-electron chi connectivity index (χ1n) is 11.2. The lowest BCUT2D eigenvalue weighted by Gasteiger charge is -2.37. The number of rotatable bonds is 10. The predicted molar refractivity (Wildman–Crippen MR) is 125 cm³/mol. The molecule has 9 nitrogen and oxygen atoms in total. The molecule has 0 saturated carbocycles. The second-order valence-corrected chi connectivity index (χ2v) is 10.1. The molecule has 1 fully saturated rings. The molecular weight excluding hydrogens is 459 g/mol. The van der Waals surface area contributed by atoms with Crippen LogP contribution in [0.25, 0.3) is 0 Å². The number of nitrogens with one attached hydrogen (secondary N) is 1. The zero-order valence-electron chi connectivity index (χ0n) is 18.9. The smallest absolute Gasteiger partial charge is 0.358 e. The van der Waals surface area contributed by atoms with Gasteiger partial charge in [-0.2, -0.15) is 0 Å². The molecule has 3 N–H and O–H groups in total. The van der Waals surface area contributed by atoms with Gasteiger partial charge < -0.3 is 20.2 Å². The number of carboxylic acid groups (broad SMARTS) is 1. The lowest BCUT2D eigenvalue weighted by atomic mass is 10.1. The average molecular weight is 488 g/mol. The summed E-state index contributed by atoms with van der Waals surface area (Å²) in [5.74, 6) is -3.99. The van der Waals surface area contributed by atoms with E-state index in [-0.39, 0.29) is 31.4 Å². The number of carbonyl (C=O) groups excluding carboxylic acids is 2. The molecule has 3 rings (SSSR count). The monoisotopic (exact) mass is 488 g/mol. The minimum Gasteiger partial charge on any atom is -0.478 e. The third-order valence-corrected chi connectivity index (χ3v) is 7.57. The Morgan fingerprint density at radius 1 is 1.12 bits per heavy atom. The van der Waals surface area contributed by atoms with Crippen LogP contribution in [0.1, 0.15) is 48.5 Å². The highest BCUT2D eigenvalue weighted by Crippen LogP contribution is 2.54. The van der Waals surface area contributed by atoms with E-state index >= 15 is 0 Å². The Labute approximate surface area is 198 Å². The Balaban J connectivity index is 1.90. The third kappa shape index (κ3) is 5.73. The van der Waals surface area contributed by atoms with Gasteiger partial charge in [-0.05, 0) is 37.0 Å². The topological polar surface area (TPSA) is 133 Å². The van der Waals surface area contributed by atoms with Gasteiger partial charge in [0.25, 0.3) is 11.6 Å². The molecule has 1 aliphatic heterocycles. The van der Waals surface area contributed by atoms with Crippen LogP contribution >= 0.6 is 7.60 Å². The van der Waals surface area contributed by atoms with Crippen LogP contribution < -0.4 is 5.32 Å². The molecule has 2 aromatic rings. The van der Waals surface area contributed by atoms with E-state index in [1.807, 2.05) is 30.3 Å². The normalized spacial score (nSPS) is 20.4. The van der Waals surface area contributed by atoms with Crippen LogP contribution in [-0.4, -0.2) is 50.7 Å². The molecular formula is C24H29N2O7P. The van der Waals surface area contributed by atoms with Crippen molar-refractivity contribution in [3.05, 3.63) is 71.8 Å². The Bertz CT molecular complexity index is 1060. The first-order chi connectivity index (χ1) is 16.2. The van der Waals surface area contributed by atoms with Gasteiger partial charge in [-0.1, -0.05) is 55.5 Å². The number of likely N-dealkylation sites (tertiary alicyclic amines) is 1. The summed E-state index contributed by atoms with van der Waals surface area (Å²) in [6.07, 6.45) is 0.565. The van der Waals surface area contributed by atoms with Gasteiger partial charge in [0.05, 0.1) is 0 Å².